The molecule has 2 aromatic carbocycles. The molecule has 1 fully saturated rings. The zero-order valence-electron chi connectivity index (χ0n) is 17.3. The van der Waals surface area contributed by atoms with Gasteiger partial charge in [-0.25, -0.2) is 4.68 Å². The minimum Gasteiger partial charge on any atom is -0.368 e. The van der Waals surface area contributed by atoms with Crippen molar-refractivity contribution in [1.82, 2.24) is 14.7 Å². The quantitative estimate of drug-likeness (QED) is 0.622. The molecule has 0 N–H and O–H groups in total. The van der Waals surface area contributed by atoms with Gasteiger partial charge in [0, 0.05) is 43.1 Å². The van der Waals surface area contributed by atoms with Crippen LogP contribution in [0.25, 0.3) is 5.69 Å². The van der Waals surface area contributed by atoms with E-state index < -0.39 is 0 Å². The highest BCUT2D eigenvalue weighted by molar-refractivity contribution is 5.94. The Morgan fingerprint density at radius 1 is 0.733 bits per heavy atom. The molecule has 1 aromatic heterocycles. The number of carbonyl (C=O) groups is 1. The number of anilines is 1. The summed E-state index contributed by atoms with van der Waals surface area (Å²) >= 11 is 0. The minimum absolute atomic E-state index is 0.0931. The number of hydrogen-bond donors (Lipinski definition) is 0. The van der Waals surface area contributed by atoms with Gasteiger partial charge in [-0.1, -0.05) is 42.8 Å². The Labute approximate surface area is 177 Å². The number of aromatic nitrogens is 2. The zero-order valence-corrected chi connectivity index (χ0v) is 17.3. The lowest BCUT2D eigenvalue weighted by Gasteiger charge is -2.36. The molecule has 5 rings (SSSR count). The largest absolute Gasteiger partial charge is 0.368 e. The third-order valence-electron chi connectivity index (χ3n) is 6.32. The molecule has 0 unspecified atom stereocenters. The molecular weight excluding hydrogens is 372 g/mol. The van der Waals surface area contributed by atoms with Crippen molar-refractivity contribution in [3.05, 3.63) is 77.6 Å². The lowest BCUT2D eigenvalue weighted by molar-refractivity contribution is 0.0739. The molecule has 2 heterocycles. The highest BCUT2D eigenvalue weighted by Crippen LogP contribution is 2.27. The van der Waals surface area contributed by atoms with Crippen LogP contribution in [0.5, 0.6) is 0 Å². The Hall–Kier alpha value is -3.08. The van der Waals surface area contributed by atoms with E-state index in [0.717, 1.165) is 57.5 Å². The number of amides is 1. The number of carbonyl (C=O) groups excluding carboxylic acids is 1. The van der Waals surface area contributed by atoms with Gasteiger partial charge in [0.1, 0.15) is 0 Å². The molecule has 5 heteroatoms. The average Bonchev–Trinajstić information content (AvgIpc) is 3.00. The third-order valence-corrected chi connectivity index (χ3v) is 6.32. The first-order valence-electron chi connectivity index (χ1n) is 11.1. The maximum Gasteiger partial charge on any atom is 0.274 e. The van der Waals surface area contributed by atoms with Gasteiger partial charge in [0.2, 0.25) is 0 Å². The molecule has 2 aliphatic rings. The molecule has 1 amide bonds. The first-order valence-corrected chi connectivity index (χ1v) is 11.1. The van der Waals surface area contributed by atoms with Crippen molar-refractivity contribution in [2.45, 2.75) is 32.1 Å². The number of hydrogen-bond acceptors (Lipinski definition) is 3. The predicted octanol–water partition coefficient (Wildman–Crippen LogP) is 4.10. The second-order valence-electron chi connectivity index (χ2n) is 8.20. The van der Waals surface area contributed by atoms with E-state index >= 15 is 0 Å². The van der Waals surface area contributed by atoms with Gasteiger partial charge in [0.15, 0.2) is 5.69 Å². The van der Waals surface area contributed by atoms with E-state index in [1.807, 2.05) is 33.8 Å². The molecular formula is C25H28N4O. The van der Waals surface area contributed by atoms with Gasteiger partial charge in [-0.05, 0) is 49.9 Å². The highest BCUT2D eigenvalue weighted by Gasteiger charge is 2.29. The first kappa shape index (κ1) is 18.9. The van der Waals surface area contributed by atoms with Gasteiger partial charge >= 0.3 is 0 Å². The summed E-state index contributed by atoms with van der Waals surface area (Å²) in [6.07, 6.45) is 5.46. The number of nitrogens with zero attached hydrogens (tertiary/aromatic N) is 4. The number of para-hydroxylation sites is 2. The summed E-state index contributed by atoms with van der Waals surface area (Å²) in [5.41, 5.74) is 5.34. The molecule has 30 heavy (non-hydrogen) atoms. The fourth-order valence-corrected chi connectivity index (χ4v) is 4.69. The summed E-state index contributed by atoms with van der Waals surface area (Å²) in [5.74, 6) is 0.0931. The summed E-state index contributed by atoms with van der Waals surface area (Å²) in [6, 6.07) is 20.7. The van der Waals surface area contributed by atoms with Crippen LogP contribution in [0.1, 0.15) is 41.0 Å². The van der Waals surface area contributed by atoms with Crippen molar-refractivity contribution in [2.24, 2.45) is 0 Å². The monoisotopic (exact) mass is 400 g/mol. The summed E-state index contributed by atoms with van der Waals surface area (Å²) < 4.78 is 2.02. The summed E-state index contributed by atoms with van der Waals surface area (Å²) in [7, 11) is 0. The molecule has 0 saturated carbocycles. The average molecular weight is 401 g/mol. The summed E-state index contributed by atoms with van der Waals surface area (Å²) in [5, 5.41) is 4.87. The molecule has 154 valence electrons. The van der Waals surface area contributed by atoms with E-state index in [-0.39, 0.29) is 5.91 Å². The second-order valence-corrected chi connectivity index (χ2v) is 8.20. The van der Waals surface area contributed by atoms with Gasteiger partial charge in [-0.3, -0.25) is 4.79 Å². The van der Waals surface area contributed by atoms with Crippen molar-refractivity contribution >= 4 is 11.6 Å². The zero-order chi connectivity index (χ0) is 20.3. The molecule has 0 radical (unpaired) electrons. The van der Waals surface area contributed by atoms with E-state index in [1.165, 1.54) is 23.4 Å². The van der Waals surface area contributed by atoms with Crippen LogP contribution in [0.2, 0.25) is 0 Å². The topological polar surface area (TPSA) is 41.4 Å². The minimum atomic E-state index is 0.0931. The molecule has 0 spiro atoms. The van der Waals surface area contributed by atoms with E-state index in [9.17, 15) is 4.79 Å². The lowest BCUT2D eigenvalue weighted by Crippen LogP contribution is -2.49. The van der Waals surface area contributed by atoms with E-state index in [4.69, 9.17) is 5.10 Å². The van der Waals surface area contributed by atoms with Crippen molar-refractivity contribution in [2.75, 3.05) is 31.1 Å². The van der Waals surface area contributed by atoms with Crippen LogP contribution in [-0.4, -0.2) is 46.8 Å². The third kappa shape index (κ3) is 3.60. The fraction of sp³-hybridized carbons (Fsp3) is 0.360. The standard InChI is InChI=1S/C25H28N4O/c30-25(28-18-16-27(17-19-28)20-10-4-1-5-11-20)24-22-14-8-3-9-15-23(22)29(26-24)21-12-6-2-7-13-21/h1-2,4-7,10-13H,3,8-9,14-19H2. The number of piperazine rings is 1. The van der Waals surface area contributed by atoms with E-state index in [2.05, 4.69) is 41.3 Å². The van der Waals surface area contributed by atoms with Gasteiger partial charge in [0.25, 0.3) is 5.91 Å². The molecule has 1 saturated heterocycles. The molecule has 5 nitrogen and oxygen atoms in total. The van der Waals surface area contributed by atoms with Crippen molar-refractivity contribution in [3.8, 4) is 5.69 Å². The predicted molar refractivity (Wildman–Crippen MR) is 119 cm³/mol. The second kappa shape index (κ2) is 8.34. The molecule has 3 aromatic rings. The Kier molecular flexibility index (Phi) is 5.26. The van der Waals surface area contributed by atoms with Gasteiger partial charge in [-0.2, -0.15) is 5.10 Å². The maximum absolute atomic E-state index is 13.5. The molecule has 1 aliphatic heterocycles. The van der Waals surface area contributed by atoms with Gasteiger partial charge in [-0.15, -0.1) is 0 Å². The molecule has 0 bridgehead atoms. The van der Waals surface area contributed by atoms with Gasteiger partial charge < -0.3 is 9.80 Å². The fourth-order valence-electron chi connectivity index (χ4n) is 4.69. The van der Waals surface area contributed by atoms with Crippen LogP contribution < -0.4 is 4.90 Å². The first-order chi connectivity index (χ1) is 14.8. The molecule has 1 aliphatic carbocycles. The lowest BCUT2D eigenvalue weighted by atomic mass is 10.1. The highest BCUT2D eigenvalue weighted by atomic mass is 16.2. The summed E-state index contributed by atoms with van der Waals surface area (Å²) in [4.78, 5) is 17.8. The van der Waals surface area contributed by atoms with Crippen LogP contribution in [0.3, 0.4) is 0 Å². The SMILES string of the molecule is O=C(c1nn(-c2ccccc2)c2c1CCCCC2)N1CCN(c2ccccc2)CC1. The smallest absolute Gasteiger partial charge is 0.274 e. The van der Waals surface area contributed by atoms with Gasteiger partial charge in [0.05, 0.1) is 5.69 Å². The molecule has 0 atom stereocenters. The summed E-state index contributed by atoms with van der Waals surface area (Å²) in [6.45, 7) is 3.19. The van der Waals surface area contributed by atoms with E-state index in [1.54, 1.807) is 0 Å². The Bertz CT molecular complexity index is 1000. The number of rotatable bonds is 3. The number of benzene rings is 2. The van der Waals surface area contributed by atoms with E-state index in [0.29, 0.717) is 5.69 Å². The van der Waals surface area contributed by atoms with Crippen molar-refractivity contribution < 1.29 is 4.79 Å². The van der Waals surface area contributed by atoms with Crippen LogP contribution >= 0.6 is 0 Å². The van der Waals surface area contributed by atoms with Crippen LogP contribution in [-0.2, 0) is 12.8 Å². The number of fused-ring (bicyclic) bond motifs is 1. The van der Waals surface area contributed by atoms with Crippen molar-refractivity contribution in [1.29, 1.82) is 0 Å². The van der Waals surface area contributed by atoms with Crippen molar-refractivity contribution in [3.63, 3.8) is 0 Å². The Morgan fingerprint density at radius 3 is 2.07 bits per heavy atom. The van der Waals surface area contributed by atoms with Crippen LogP contribution in [0.4, 0.5) is 5.69 Å². The maximum atomic E-state index is 13.5. The Balaban J connectivity index is 1.40. The van der Waals surface area contributed by atoms with Crippen LogP contribution in [0, 0.1) is 0 Å². The normalized spacial score (nSPS) is 16.8. The van der Waals surface area contributed by atoms with Crippen LogP contribution in [0.15, 0.2) is 60.7 Å². The Morgan fingerprint density at radius 2 is 1.37 bits per heavy atom.